The number of carbonyl (C=O) groups is 1. The van der Waals surface area contributed by atoms with Crippen LogP contribution in [0.25, 0.3) is 5.69 Å². The molecule has 1 saturated heterocycles. The normalized spacial score (nSPS) is 14.7. The second-order valence-electron chi connectivity index (χ2n) is 9.22. The summed E-state index contributed by atoms with van der Waals surface area (Å²) >= 11 is 0. The molecule has 40 heavy (non-hydrogen) atoms. The highest BCUT2D eigenvalue weighted by Gasteiger charge is 2.37. The molecule has 8 nitrogen and oxygen atoms in total. The number of amides is 2. The van der Waals surface area contributed by atoms with E-state index < -0.39 is 36.1 Å². The predicted molar refractivity (Wildman–Crippen MR) is 134 cm³/mol. The van der Waals surface area contributed by atoms with E-state index in [1.807, 2.05) is 25.1 Å². The lowest BCUT2D eigenvalue weighted by Crippen LogP contribution is -2.41. The number of carbonyl (C=O) groups excluding carboxylic acids is 1. The van der Waals surface area contributed by atoms with Gasteiger partial charge in [-0.1, -0.05) is 0 Å². The smallest absolute Gasteiger partial charge is 0.416 e. The minimum atomic E-state index is -4.96. The van der Waals surface area contributed by atoms with Crippen LogP contribution in [0.15, 0.2) is 42.7 Å². The summed E-state index contributed by atoms with van der Waals surface area (Å²) in [6, 6.07) is 6.38. The van der Waals surface area contributed by atoms with Crippen molar-refractivity contribution in [3.05, 3.63) is 65.2 Å². The Labute approximate surface area is 226 Å². The first-order chi connectivity index (χ1) is 18.8. The number of aromatic nitrogens is 3. The maximum absolute atomic E-state index is 13.1. The molecule has 2 amide bonds. The second kappa shape index (κ2) is 11.6. The largest absolute Gasteiger partial charge is 0.492 e. The standard InChI is InChI=1S/C26H28F6N6O2/c1-3-40-23-14-21(5-6-22(23)38-16-34-17(2)35-38)36-7-4-8-37(10-9-36)24(39)33-15-18-11-19(25(27,28)29)13-20(12-18)26(30,31)32/h5-6,11-14,16H,3-4,7-10,15H2,1-2H3,(H,33,39). The molecule has 2 heterocycles. The molecule has 0 saturated carbocycles. The Hall–Kier alpha value is -3.97. The average molecular weight is 571 g/mol. The molecule has 3 aromatic rings. The Bertz CT molecular complexity index is 1310. The maximum Gasteiger partial charge on any atom is 0.416 e. The number of halogens is 6. The van der Waals surface area contributed by atoms with Crippen molar-refractivity contribution in [3.63, 3.8) is 0 Å². The van der Waals surface area contributed by atoms with Gasteiger partial charge >= 0.3 is 18.4 Å². The zero-order valence-electron chi connectivity index (χ0n) is 21.8. The molecule has 0 atom stereocenters. The van der Waals surface area contributed by atoms with Gasteiger partial charge < -0.3 is 19.9 Å². The van der Waals surface area contributed by atoms with Gasteiger partial charge in [-0.15, -0.1) is 0 Å². The Morgan fingerprint density at radius 3 is 2.27 bits per heavy atom. The molecular weight excluding hydrogens is 542 g/mol. The van der Waals surface area contributed by atoms with Crippen molar-refractivity contribution < 1.29 is 35.9 Å². The lowest BCUT2D eigenvalue weighted by atomic mass is 10.0. The third-order valence-electron chi connectivity index (χ3n) is 6.34. The molecule has 0 spiro atoms. The molecule has 14 heteroatoms. The van der Waals surface area contributed by atoms with Crippen LogP contribution in [0.2, 0.25) is 0 Å². The molecule has 1 aromatic heterocycles. The molecular formula is C26H28F6N6O2. The van der Waals surface area contributed by atoms with E-state index in [2.05, 4.69) is 20.3 Å². The number of hydrogen-bond donors (Lipinski definition) is 1. The zero-order chi connectivity index (χ0) is 29.1. The van der Waals surface area contributed by atoms with E-state index in [-0.39, 0.29) is 11.6 Å². The van der Waals surface area contributed by atoms with Crippen LogP contribution in [0, 0.1) is 6.92 Å². The van der Waals surface area contributed by atoms with E-state index in [4.69, 9.17) is 4.74 Å². The van der Waals surface area contributed by atoms with E-state index in [1.54, 1.807) is 17.9 Å². The van der Waals surface area contributed by atoms with Crippen molar-refractivity contribution in [2.75, 3.05) is 37.7 Å². The molecule has 1 aliphatic rings. The summed E-state index contributed by atoms with van der Waals surface area (Å²) in [4.78, 5) is 20.5. The summed E-state index contributed by atoms with van der Waals surface area (Å²) in [5, 5.41) is 6.79. The molecule has 4 rings (SSSR count). The highest BCUT2D eigenvalue weighted by atomic mass is 19.4. The third-order valence-corrected chi connectivity index (χ3v) is 6.34. The van der Waals surface area contributed by atoms with Gasteiger partial charge in [-0.25, -0.2) is 14.5 Å². The summed E-state index contributed by atoms with van der Waals surface area (Å²) in [5.74, 6) is 1.23. The van der Waals surface area contributed by atoms with Crippen LogP contribution in [-0.2, 0) is 18.9 Å². The summed E-state index contributed by atoms with van der Waals surface area (Å²) < 4.78 is 86.3. The molecule has 1 N–H and O–H groups in total. The highest BCUT2D eigenvalue weighted by Crippen LogP contribution is 2.36. The molecule has 0 unspecified atom stereocenters. The summed E-state index contributed by atoms with van der Waals surface area (Å²) in [7, 11) is 0. The number of anilines is 1. The van der Waals surface area contributed by atoms with Gasteiger partial charge in [-0.05, 0) is 56.2 Å². The number of urea groups is 1. The van der Waals surface area contributed by atoms with E-state index in [0.717, 1.165) is 11.4 Å². The van der Waals surface area contributed by atoms with Gasteiger partial charge in [0.1, 0.15) is 23.6 Å². The lowest BCUT2D eigenvalue weighted by Gasteiger charge is -2.25. The number of nitrogens with zero attached hydrogens (tertiary/aromatic N) is 5. The van der Waals surface area contributed by atoms with Gasteiger partial charge in [-0.2, -0.15) is 31.4 Å². The minimum Gasteiger partial charge on any atom is -0.492 e. The van der Waals surface area contributed by atoms with Crippen molar-refractivity contribution in [1.82, 2.24) is 25.0 Å². The van der Waals surface area contributed by atoms with Crippen LogP contribution in [-0.4, -0.2) is 58.5 Å². The third kappa shape index (κ3) is 6.96. The topological polar surface area (TPSA) is 75.5 Å². The fraction of sp³-hybridized carbons (Fsp3) is 0.423. The number of hydrogen-bond acceptors (Lipinski definition) is 5. The van der Waals surface area contributed by atoms with E-state index in [9.17, 15) is 31.1 Å². The van der Waals surface area contributed by atoms with E-state index in [1.165, 1.54) is 4.90 Å². The van der Waals surface area contributed by atoms with Crippen molar-refractivity contribution in [1.29, 1.82) is 0 Å². The molecule has 0 bridgehead atoms. The van der Waals surface area contributed by atoms with E-state index >= 15 is 0 Å². The Kier molecular flexibility index (Phi) is 8.45. The first-order valence-corrected chi connectivity index (χ1v) is 12.6. The molecule has 216 valence electrons. The average Bonchev–Trinajstić information content (AvgIpc) is 3.17. The van der Waals surface area contributed by atoms with Crippen LogP contribution in [0.1, 0.15) is 35.9 Å². The first-order valence-electron chi connectivity index (χ1n) is 12.6. The van der Waals surface area contributed by atoms with Crippen molar-refractivity contribution in [2.24, 2.45) is 0 Å². The quantitative estimate of drug-likeness (QED) is 0.400. The SMILES string of the molecule is CCOc1cc(N2CCCN(C(=O)NCc3cc(C(F)(F)F)cc(C(F)(F)F)c3)CC2)ccc1-n1cnc(C)n1. The molecule has 0 radical (unpaired) electrons. The van der Waals surface area contributed by atoms with Crippen LogP contribution < -0.4 is 15.0 Å². The number of aryl methyl sites for hydroxylation is 1. The Morgan fingerprint density at radius 2 is 1.68 bits per heavy atom. The minimum absolute atomic E-state index is 0.0607. The number of rotatable bonds is 6. The fourth-order valence-corrected chi connectivity index (χ4v) is 4.41. The van der Waals surface area contributed by atoms with Crippen LogP contribution in [0.3, 0.4) is 0 Å². The Morgan fingerprint density at radius 1 is 0.975 bits per heavy atom. The predicted octanol–water partition coefficient (Wildman–Crippen LogP) is 5.43. The van der Waals surface area contributed by atoms with Gasteiger partial charge in [0.05, 0.1) is 17.7 Å². The highest BCUT2D eigenvalue weighted by molar-refractivity contribution is 5.74. The molecule has 1 aliphatic heterocycles. The van der Waals surface area contributed by atoms with Gasteiger partial charge in [0.2, 0.25) is 0 Å². The number of nitrogens with one attached hydrogen (secondary N) is 1. The molecule has 0 aliphatic carbocycles. The second-order valence-corrected chi connectivity index (χ2v) is 9.22. The van der Waals surface area contributed by atoms with Gasteiger partial charge in [0.25, 0.3) is 0 Å². The van der Waals surface area contributed by atoms with Crippen LogP contribution in [0.4, 0.5) is 36.8 Å². The Balaban J connectivity index is 1.42. The number of ether oxygens (including phenoxy) is 1. The first kappa shape index (κ1) is 29.0. The van der Waals surface area contributed by atoms with Gasteiger partial charge in [0.15, 0.2) is 0 Å². The molecule has 1 fully saturated rings. The fourth-order valence-electron chi connectivity index (χ4n) is 4.41. The van der Waals surface area contributed by atoms with Crippen LogP contribution >= 0.6 is 0 Å². The van der Waals surface area contributed by atoms with Crippen molar-refractivity contribution >= 4 is 11.7 Å². The summed E-state index contributed by atoms with van der Waals surface area (Å²) in [5.41, 5.74) is -1.54. The van der Waals surface area contributed by atoms with Gasteiger partial charge in [-0.3, -0.25) is 0 Å². The molecule has 2 aromatic carbocycles. The number of benzene rings is 2. The maximum atomic E-state index is 13.1. The summed E-state index contributed by atoms with van der Waals surface area (Å²) in [6.07, 6.45) is -7.72. The van der Waals surface area contributed by atoms with Gasteiger partial charge in [0, 0.05) is 44.5 Å². The van der Waals surface area contributed by atoms with Crippen LogP contribution in [0.5, 0.6) is 5.75 Å². The zero-order valence-corrected chi connectivity index (χ0v) is 21.8. The number of alkyl halides is 6. The van der Waals surface area contributed by atoms with E-state index in [0.29, 0.717) is 62.9 Å². The lowest BCUT2D eigenvalue weighted by molar-refractivity contribution is -0.143. The monoisotopic (exact) mass is 570 g/mol. The van der Waals surface area contributed by atoms with Crippen molar-refractivity contribution in [3.8, 4) is 11.4 Å². The van der Waals surface area contributed by atoms with Crippen molar-refractivity contribution in [2.45, 2.75) is 39.2 Å². The summed E-state index contributed by atoms with van der Waals surface area (Å²) in [6.45, 7) is 5.37.